The molecule has 2 N–H and O–H groups in total. The van der Waals surface area contributed by atoms with E-state index in [9.17, 15) is 14.7 Å². The Morgan fingerprint density at radius 1 is 1.21 bits per heavy atom. The highest BCUT2D eigenvalue weighted by molar-refractivity contribution is 5.94. The molecule has 0 saturated carbocycles. The van der Waals surface area contributed by atoms with Crippen molar-refractivity contribution in [1.82, 2.24) is 25.1 Å². The molecule has 2 aliphatic heterocycles. The summed E-state index contributed by atoms with van der Waals surface area (Å²) in [5.41, 5.74) is 0.458. The zero-order valence-electron chi connectivity index (χ0n) is 17.8. The van der Waals surface area contributed by atoms with Gasteiger partial charge >= 0.3 is 0 Å². The fourth-order valence-electron chi connectivity index (χ4n) is 4.44. The van der Waals surface area contributed by atoms with Gasteiger partial charge in [-0.1, -0.05) is 0 Å². The summed E-state index contributed by atoms with van der Waals surface area (Å²) in [6.45, 7) is 8.73. The SMILES string of the molecule is CC(=O)NC1CCN(C[C@]2(O)CCCN(C(=O)c3cnc(C)nc3C)CC2)CC1. The number of aromatic nitrogens is 2. The summed E-state index contributed by atoms with van der Waals surface area (Å²) in [5, 5.41) is 14.2. The molecule has 160 valence electrons. The lowest BCUT2D eigenvalue weighted by atomic mass is 9.93. The number of aliphatic hydroxyl groups is 1. The molecular weight excluding hydrogens is 370 g/mol. The third-order valence-electron chi connectivity index (χ3n) is 6.05. The molecule has 1 aromatic rings. The summed E-state index contributed by atoms with van der Waals surface area (Å²) in [5.74, 6) is 0.624. The van der Waals surface area contributed by atoms with Crippen molar-refractivity contribution in [3.8, 4) is 0 Å². The van der Waals surface area contributed by atoms with Crippen molar-refractivity contribution >= 4 is 11.8 Å². The summed E-state index contributed by atoms with van der Waals surface area (Å²) in [6.07, 6.45) is 5.45. The van der Waals surface area contributed by atoms with Crippen LogP contribution in [-0.2, 0) is 4.79 Å². The number of nitrogens with one attached hydrogen (secondary N) is 1. The van der Waals surface area contributed by atoms with Gasteiger partial charge in [0.05, 0.1) is 16.9 Å². The summed E-state index contributed by atoms with van der Waals surface area (Å²) >= 11 is 0. The van der Waals surface area contributed by atoms with Gasteiger partial charge in [-0.05, 0) is 46.0 Å². The van der Waals surface area contributed by atoms with E-state index in [1.165, 1.54) is 0 Å². The Morgan fingerprint density at radius 3 is 2.59 bits per heavy atom. The van der Waals surface area contributed by atoms with Crippen molar-refractivity contribution in [1.29, 1.82) is 0 Å². The van der Waals surface area contributed by atoms with Gasteiger partial charge in [0, 0.05) is 51.9 Å². The van der Waals surface area contributed by atoms with Crippen molar-refractivity contribution in [3.05, 3.63) is 23.3 Å². The Kier molecular flexibility index (Phi) is 6.85. The van der Waals surface area contributed by atoms with Gasteiger partial charge in [0.25, 0.3) is 5.91 Å². The van der Waals surface area contributed by atoms with Gasteiger partial charge in [-0.25, -0.2) is 9.97 Å². The predicted octanol–water partition coefficient (Wildman–Crippen LogP) is 1.05. The second-order valence-electron chi connectivity index (χ2n) is 8.54. The number of amides is 2. The van der Waals surface area contributed by atoms with E-state index in [0.29, 0.717) is 49.6 Å². The molecule has 0 spiro atoms. The number of carbonyl (C=O) groups is 2. The van der Waals surface area contributed by atoms with Crippen LogP contribution in [0, 0.1) is 13.8 Å². The summed E-state index contributed by atoms with van der Waals surface area (Å²) in [6, 6.07) is 0.237. The number of hydrogen-bond acceptors (Lipinski definition) is 6. The minimum absolute atomic E-state index is 0.0184. The maximum Gasteiger partial charge on any atom is 0.257 e. The Labute approximate surface area is 172 Å². The Hall–Kier alpha value is -2.06. The molecule has 8 heteroatoms. The third-order valence-corrected chi connectivity index (χ3v) is 6.05. The van der Waals surface area contributed by atoms with Gasteiger partial charge in [-0.15, -0.1) is 0 Å². The van der Waals surface area contributed by atoms with E-state index in [0.717, 1.165) is 32.4 Å². The molecule has 1 aromatic heterocycles. The van der Waals surface area contributed by atoms with E-state index in [1.807, 2.05) is 18.7 Å². The first-order chi connectivity index (χ1) is 13.8. The van der Waals surface area contributed by atoms with E-state index in [-0.39, 0.29) is 17.9 Å². The van der Waals surface area contributed by atoms with E-state index in [2.05, 4.69) is 20.2 Å². The molecule has 0 bridgehead atoms. The molecule has 3 rings (SSSR count). The van der Waals surface area contributed by atoms with Crippen molar-refractivity contribution in [2.75, 3.05) is 32.7 Å². The minimum atomic E-state index is -0.783. The van der Waals surface area contributed by atoms with Crippen LogP contribution >= 0.6 is 0 Å². The van der Waals surface area contributed by atoms with Crippen LogP contribution in [0.1, 0.15) is 60.9 Å². The van der Waals surface area contributed by atoms with Gasteiger partial charge < -0.3 is 20.2 Å². The molecule has 0 aromatic carbocycles. The highest BCUT2D eigenvalue weighted by Crippen LogP contribution is 2.26. The molecule has 2 fully saturated rings. The molecule has 1 atom stereocenters. The molecule has 2 saturated heterocycles. The number of aryl methyl sites for hydroxylation is 2. The summed E-state index contributed by atoms with van der Waals surface area (Å²) in [4.78, 5) is 36.7. The fourth-order valence-corrected chi connectivity index (χ4v) is 4.44. The van der Waals surface area contributed by atoms with Gasteiger partial charge in [0.15, 0.2) is 0 Å². The largest absolute Gasteiger partial charge is 0.388 e. The molecule has 3 heterocycles. The number of β-amino-alcohol motifs (C(OH)–C–C–N with tert-alkyl or cyclic N) is 1. The number of nitrogens with zero attached hydrogens (tertiary/aromatic N) is 4. The number of piperidine rings is 1. The Bertz CT molecular complexity index is 748. The van der Waals surface area contributed by atoms with E-state index in [4.69, 9.17) is 0 Å². The van der Waals surface area contributed by atoms with Crippen molar-refractivity contribution in [2.24, 2.45) is 0 Å². The van der Waals surface area contributed by atoms with Gasteiger partial charge in [0.1, 0.15) is 5.82 Å². The molecule has 8 nitrogen and oxygen atoms in total. The molecule has 2 aliphatic rings. The second-order valence-corrected chi connectivity index (χ2v) is 8.54. The highest BCUT2D eigenvalue weighted by Gasteiger charge is 2.35. The van der Waals surface area contributed by atoms with Gasteiger partial charge in [-0.2, -0.15) is 0 Å². The maximum atomic E-state index is 12.9. The molecule has 0 unspecified atom stereocenters. The summed E-state index contributed by atoms with van der Waals surface area (Å²) in [7, 11) is 0. The minimum Gasteiger partial charge on any atom is -0.388 e. The number of carbonyl (C=O) groups excluding carboxylic acids is 2. The average molecular weight is 404 g/mol. The van der Waals surface area contributed by atoms with Gasteiger partial charge in [-0.3, -0.25) is 9.59 Å². The molecule has 0 aliphatic carbocycles. The van der Waals surface area contributed by atoms with Crippen LogP contribution in [0.2, 0.25) is 0 Å². The van der Waals surface area contributed by atoms with Crippen molar-refractivity contribution in [2.45, 2.75) is 64.5 Å². The third kappa shape index (κ3) is 5.73. The van der Waals surface area contributed by atoms with E-state index < -0.39 is 5.60 Å². The number of hydrogen-bond donors (Lipinski definition) is 2. The lowest BCUT2D eigenvalue weighted by Gasteiger charge is -2.38. The monoisotopic (exact) mass is 403 g/mol. The zero-order valence-corrected chi connectivity index (χ0v) is 17.8. The van der Waals surface area contributed by atoms with Crippen LogP contribution in [0.25, 0.3) is 0 Å². The molecule has 2 amide bonds. The lowest BCUT2D eigenvalue weighted by Crippen LogP contribution is -2.50. The lowest BCUT2D eigenvalue weighted by molar-refractivity contribution is -0.120. The van der Waals surface area contributed by atoms with Crippen LogP contribution in [0.15, 0.2) is 6.20 Å². The topological polar surface area (TPSA) is 98.7 Å². The summed E-state index contributed by atoms with van der Waals surface area (Å²) < 4.78 is 0. The van der Waals surface area contributed by atoms with Crippen LogP contribution < -0.4 is 5.32 Å². The second kappa shape index (κ2) is 9.17. The van der Waals surface area contributed by atoms with E-state index in [1.54, 1.807) is 13.1 Å². The predicted molar refractivity (Wildman–Crippen MR) is 109 cm³/mol. The Morgan fingerprint density at radius 2 is 1.93 bits per heavy atom. The normalized spacial score (nSPS) is 24.2. The first kappa shape index (κ1) is 21.6. The maximum absolute atomic E-state index is 12.9. The molecular formula is C21H33N5O3. The fraction of sp³-hybridized carbons (Fsp3) is 0.714. The first-order valence-electron chi connectivity index (χ1n) is 10.6. The smallest absolute Gasteiger partial charge is 0.257 e. The number of rotatable bonds is 4. The Balaban J connectivity index is 1.55. The molecule has 29 heavy (non-hydrogen) atoms. The van der Waals surface area contributed by atoms with Crippen molar-refractivity contribution < 1.29 is 14.7 Å². The van der Waals surface area contributed by atoms with Gasteiger partial charge in [0.2, 0.25) is 5.91 Å². The van der Waals surface area contributed by atoms with Crippen LogP contribution in [0.4, 0.5) is 0 Å². The average Bonchev–Trinajstić information content (AvgIpc) is 2.84. The van der Waals surface area contributed by atoms with Crippen LogP contribution in [0.3, 0.4) is 0 Å². The van der Waals surface area contributed by atoms with Crippen LogP contribution in [0.5, 0.6) is 0 Å². The zero-order chi connectivity index (χ0) is 21.0. The first-order valence-corrected chi connectivity index (χ1v) is 10.6. The van der Waals surface area contributed by atoms with Crippen molar-refractivity contribution in [3.63, 3.8) is 0 Å². The van der Waals surface area contributed by atoms with E-state index >= 15 is 0 Å². The van der Waals surface area contributed by atoms with Crippen LogP contribution in [-0.4, -0.2) is 81.1 Å². The number of likely N-dealkylation sites (tertiary alicyclic amines) is 2. The highest BCUT2D eigenvalue weighted by atomic mass is 16.3. The quantitative estimate of drug-likeness (QED) is 0.780. The molecule has 0 radical (unpaired) electrons. The standard InChI is InChI=1S/C21H33N5O3/c1-15-19(13-22-16(2)23-15)20(28)26-9-4-7-21(29,8-12-26)14-25-10-5-18(6-11-25)24-17(3)27/h13,18,29H,4-12,14H2,1-3H3,(H,24,27)/t21-/m0/s1.